The summed E-state index contributed by atoms with van der Waals surface area (Å²) in [6.45, 7) is 9.51. The van der Waals surface area contributed by atoms with E-state index < -0.39 is 0 Å². The van der Waals surface area contributed by atoms with Crippen LogP contribution in [0.25, 0.3) is 211 Å². The first kappa shape index (κ1) is 63.3. The van der Waals surface area contributed by atoms with Crippen LogP contribution < -0.4 is 0 Å². The predicted molar refractivity (Wildman–Crippen MR) is 456 cm³/mol. The van der Waals surface area contributed by atoms with Crippen molar-refractivity contribution in [1.29, 1.82) is 0 Å². The molecule has 0 N–H and O–H groups in total. The molecule has 2 aliphatic rings. The summed E-state index contributed by atoms with van der Waals surface area (Å²) in [6, 6.07) is 124. The lowest BCUT2D eigenvalue weighted by Crippen LogP contribution is -2.15. The Morgan fingerprint density at radius 1 is 0.173 bits per heavy atom. The van der Waals surface area contributed by atoms with Crippen LogP contribution in [0, 0.1) is 0 Å². The van der Waals surface area contributed by atoms with Gasteiger partial charge >= 0.3 is 0 Å². The highest BCUT2D eigenvalue weighted by atomic mass is 15.0. The molecule has 110 heavy (non-hydrogen) atoms. The summed E-state index contributed by atoms with van der Waals surface area (Å²) < 4.78 is 0. The first-order valence-electron chi connectivity index (χ1n) is 38.0. The van der Waals surface area contributed by atoms with Gasteiger partial charge in [0.15, 0.2) is 34.9 Å². The number of nitrogens with zero attached hydrogens (tertiary/aromatic N) is 6. The molecule has 0 spiro atoms. The van der Waals surface area contributed by atoms with Gasteiger partial charge < -0.3 is 0 Å². The van der Waals surface area contributed by atoms with Gasteiger partial charge in [0.25, 0.3) is 0 Å². The van der Waals surface area contributed by atoms with E-state index in [1.807, 2.05) is 54.6 Å². The number of rotatable bonds is 11. The lowest BCUT2D eigenvalue weighted by atomic mass is 9.80. The fourth-order valence-corrected chi connectivity index (χ4v) is 18.3. The van der Waals surface area contributed by atoms with Crippen LogP contribution in [0.2, 0.25) is 0 Å². The maximum absolute atomic E-state index is 5.40. The second kappa shape index (κ2) is 24.3. The van der Waals surface area contributed by atoms with E-state index in [2.05, 4.69) is 313 Å². The van der Waals surface area contributed by atoms with E-state index in [0.717, 1.165) is 61.2 Å². The summed E-state index contributed by atoms with van der Waals surface area (Å²) >= 11 is 0. The minimum Gasteiger partial charge on any atom is -0.208 e. The van der Waals surface area contributed by atoms with E-state index in [0.29, 0.717) is 34.9 Å². The van der Waals surface area contributed by atoms with E-state index in [1.54, 1.807) is 0 Å². The zero-order chi connectivity index (χ0) is 73.1. The topological polar surface area (TPSA) is 77.3 Å². The maximum atomic E-state index is 5.40. The molecule has 0 bridgehead atoms. The molecule has 6 nitrogen and oxygen atoms in total. The van der Waals surface area contributed by atoms with Gasteiger partial charge in [-0.25, -0.2) is 29.9 Å². The fourth-order valence-electron chi connectivity index (χ4n) is 18.3. The minimum atomic E-state index is -0.374. The van der Waals surface area contributed by atoms with Crippen molar-refractivity contribution in [3.8, 4) is 146 Å². The highest BCUT2D eigenvalue weighted by Crippen LogP contribution is 2.57. The van der Waals surface area contributed by atoms with Crippen molar-refractivity contribution < 1.29 is 0 Å². The second-order valence-electron chi connectivity index (χ2n) is 30.8. The Morgan fingerprint density at radius 3 is 1.08 bits per heavy atom. The zero-order valence-electron chi connectivity index (χ0n) is 61.0. The first-order chi connectivity index (χ1) is 54.0. The Balaban J connectivity index is 0.613. The molecular formula is C104H68N6. The van der Waals surface area contributed by atoms with Gasteiger partial charge in [0.2, 0.25) is 0 Å². The average molecular weight is 1400 g/mol. The third-order valence-corrected chi connectivity index (χ3v) is 23.8. The second-order valence-corrected chi connectivity index (χ2v) is 30.8. The van der Waals surface area contributed by atoms with Crippen LogP contribution in [0.4, 0.5) is 0 Å². The molecule has 0 radical (unpaired) electrons. The maximum Gasteiger partial charge on any atom is 0.164 e. The Hall–Kier alpha value is -13.9. The molecule has 18 aromatic carbocycles. The molecule has 0 aliphatic heterocycles. The highest BCUT2D eigenvalue weighted by Gasteiger charge is 2.41. The van der Waals surface area contributed by atoms with Crippen LogP contribution >= 0.6 is 0 Å². The van der Waals surface area contributed by atoms with Crippen molar-refractivity contribution in [1.82, 2.24) is 29.9 Å². The van der Waals surface area contributed by atoms with Crippen molar-refractivity contribution in [3.05, 3.63) is 362 Å². The van der Waals surface area contributed by atoms with Gasteiger partial charge in [0.1, 0.15) is 0 Å². The quantitative estimate of drug-likeness (QED) is 0.120. The molecule has 22 rings (SSSR count). The number of fused-ring (bicyclic) bond motifs is 6. The van der Waals surface area contributed by atoms with Gasteiger partial charge in [-0.05, 0) is 213 Å². The molecule has 0 fully saturated rings. The van der Waals surface area contributed by atoms with Gasteiger partial charge in [0.05, 0.1) is 0 Å². The number of benzene rings is 18. The summed E-state index contributed by atoms with van der Waals surface area (Å²) in [7, 11) is 0. The van der Waals surface area contributed by atoms with Crippen molar-refractivity contribution in [2.75, 3.05) is 0 Å². The Morgan fingerprint density at radius 2 is 0.518 bits per heavy atom. The van der Waals surface area contributed by atoms with Gasteiger partial charge in [-0.2, -0.15) is 0 Å². The molecule has 20 aromatic rings. The summed E-state index contributed by atoms with van der Waals surface area (Å²) in [5.74, 6) is 3.78. The van der Waals surface area contributed by atoms with Crippen molar-refractivity contribution >= 4 is 64.6 Å². The largest absolute Gasteiger partial charge is 0.208 e. The smallest absolute Gasteiger partial charge is 0.164 e. The first-order valence-corrected chi connectivity index (χ1v) is 38.0. The summed E-state index contributed by atoms with van der Waals surface area (Å²) in [5, 5.41) is 15.1. The molecule has 0 saturated heterocycles. The van der Waals surface area contributed by atoms with Crippen LogP contribution in [-0.2, 0) is 10.8 Å². The average Bonchev–Trinajstić information content (AvgIpc) is 1.44. The van der Waals surface area contributed by atoms with Gasteiger partial charge in [-0.1, -0.05) is 319 Å². The van der Waals surface area contributed by atoms with Gasteiger partial charge in [-0.3, -0.25) is 0 Å². The molecule has 0 amide bonds. The number of hydrogen-bond acceptors (Lipinski definition) is 6. The zero-order valence-corrected chi connectivity index (χ0v) is 61.0. The Bertz CT molecular complexity index is 7060. The van der Waals surface area contributed by atoms with Gasteiger partial charge in [-0.15, -0.1) is 0 Å². The third kappa shape index (κ3) is 9.95. The molecule has 2 aromatic heterocycles. The Labute approximate surface area is 637 Å². The minimum absolute atomic E-state index is 0.311. The van der Waals surface area contributed by atoms with Crippen molar-refractivity contribution in [2.45, 2.75) is 38.5 Å². The van der Waals surface area contributed by atoms with E-state index in [-0.39, 0.29) is 10.8 Å². The van der Waals surface area contributed by atoms with Crippen LogP contribution in [-0.4, -0.2) is 29.9 Å². The lowest BCUT2D eigenvalue weighted by Gasteiger charge is -2.23. The third-order valence-electron chi connectivity index (χ3n) is 23.8. The summed E-state index contributed by atoms with van der Waals surface area (Å²) in [6.07, 6.45) is 0. The number of hydrogen-bond donors (Lipinski definition) is 0. The standard InChI is InChI=1S/C104H68N6/c1-103(2)87-52-46-75(55-85(87)96-84(63-23-12-6-13-24-63)57-78(60-90(96)103)80-48-42-66-36-35-64-31-20-32-65-43-49-82(80)93(66)91(64)65)101-107-97(68-25-14-7-15-26-68)105-100(108-101)71-38-33-62(34-39-71)76-53-73-40-37-67-41-47-79(81-50-45-74(54-76)92(73)94(67)81)72-44-51-83-88(58-72)104(3,4)89-59-77(61-21-10-5-11-22-61)56-86(95(83)89)102-109-98(69-27-16-8-17-28-69)106-99(110-102)70-29-18-9-19-30-70/h5-60H,1-4H3. The highest BCUT2D eigenvalue weighted by molar-refractivity contribution is 6.27. The monoisotopic (exact) mass is 1400 g/mol. The summed E-state index contributed by atoms with van der Waals surface area (Å²) in [4.78, 5) is 31.8. The molecular weight excluding hydrogens is 1330 g/mol. The molecule has 0 unspecified atom stereocenters. The fraction of sp³-hybridized carbons (Fsp3) is 0.0577. The van der Waals surface area contributed by atoms with Crippen molar-refractivity contribution in [2.24, 2.45) is 0 Å². The Kier molecular flexibility index (Phi) is 14.0. The van der Waals surface area contributed by atoms with E-state index >= 15 is 0 Å². The van der Waals surface area contributed by atoms with Gasteiger partial charge in [0, 0.05) is 44.2 Å². The van der Waals surface area contributed by atoms with E-state index in [4.69, 9.17) is 29.9 Å². The van der Waals surface area contributed by atoms with Crippen molar-refractivity contribution in [3.63, 3.8) is 0 Å². The predicted octanol–water partition coefficient (Wildman–Crippen LogP) is 26.8. The van der Waals surface area contributed by atoms with E-state index in [1.165, 1.54) is 137 Å². The molecule has 514 valence electrons. The SMILES string of the molecule is CC1(C)c2ccc(-c3nc(-c4ccccc4)nc(-c4ccc(-c5cc6ccc7ccc(-c8ccc9c(c8)C(C)(C)c8cc(-c%10ccccc%10)cc(-c%10nc(-c%11ccccc%11)nc(-c%11ccccc%11)n%10)c8-9)c8ccc(c5)c6c78)cc4)n3)cc2-c2c(-c3ccccc3)cc(-c3ccc4ccc5cccc6ccc3c4c56)cc21. The van der Waals surface area contributed by atoms with Crippen LogP contribution in [0.15, 0.2) is 340 Å². The van der Waals surface area contributed by atoms with Crippen LogP contribution in [0.3, 0.4) is 0 Å². The molecule has 2 aliphatic carbocycles. The van der Waals surface area contributed by atoms with Crippen LogP contribution in [0.1, 0.15) is 49.9 Å². The molecule has 6 heteroatoms. The van der Waals surface area contributed by atoms with Crippen LogP contribution in [0.5, 0.6) is 0 Å². The normalized spacial score (nSPS) is 13.2. The summed E-state index contributed by atoms with van der Waals surface area (Å²) in [5.41, 5.74) is 26.6. The molecule has 2 heterocycles. The number of aromatic nitrogens is 6. The molecule has 0 saturated carbocycles. The lowest BCUT2D eigenvalue weighted by molar-refractivity contribution is 0.660. The van der Waals surface area contributed by atoms with E-state index in [9.17, 15) is 0 Å². The molecule has 0 atom stereocenters.